The predicted molar refractivity (Wildman–Crippen MR) is 157 cm³/mol. The first-order valence-electron chi connectivity index (χ1n) is 13.9. The molecule has 38 heavy (non-hydrogen) atoms. The van der Waals surface area contributed by atoms with Crippen LogP contribution in [-0.2, 0) is 11.3 Å². The van der Waals surface area contributed by atoms with Crippen molar-refractivity contribution in [1.29, 1.82) is 0 Å². The quantitative estimate of drug-likeness (QED) is 0.135. The van der Waals surface area contributed by atoms with Crippen LogP contribution >= 0.6 is 0 Å². The van der Waals surface area contributed by atoms with Crippen molar-refractivity contribution in [3.63, 3.8) is 0 Å². The molecule has 0 spiro atoms. The van der Waals surface area contributed by atoms with Gasteiger partial charge in [-0.1, -0.05) is 72.8 Å². The molecule has 3 aliphatic rings. The molecule has 5 aromatic rings. The number of methoxy groups -OCH3 is 1. The van der Waals surface area contributed by atoms with E-state index >= 15 is 0 Å². The van der Waals surface area contributed by atoms with Crippen molar-refractivity contribution in [2.24, 2.45) is 11.8 Å². The number of quaternary nitrogens is 1. The lowest BCUT2D eigenvalue weighted by molar-refractivity contribution is -0.984. The van der Waals surface area contributed by atoms with Gasteiger partial charge in [0.15, 0.2) is 0 Å². The fourth-order valence-electron chi connectivity index (χ4n) is 7.82. The van der Waals surface area contributed by atoms with Gasteiger partial charge in [-0.05, 0) is 51.2 Å². The second-order valence-electron chi connectivity index (χ2n) is 11.4. The Hall–Kier alpha value is -3.53. The van der Waals surface area contributed by atoms with Crippen LogP contribution in [0.2, 0.25) is 0 Å². The molecule has 3 fully saturated rings. The van der Waals surface area contributed by atoms with Crippen LogP contribution in [0.15, 0.2) is 104 Å². The largest absolute Gasteiger partial charge is 0.370 e. The van der Waals surface area contributed by atoms with Gasteiger partial charge in [0.1, 0.15) is 18.7 Å². The van der Waals surface area contributed by atoms with E-state index in [-0.39, 0.29) is 6.10 Å². The van der Waals surface area contributed by atoms with Crippen molar-refractivity contribution in [1.82, 2.24) is 4.98 Å². The van der Waals surface area contributed by atoms with E-state index in [0.29, 0.717) is 17.9 Å². The van der Waals surface area contributed by atoms with Gasteiger partial charge in [0, 0.05) is 43.0 Å². The molecular formula is C35H35N2O+. The SMILES string of the molecule is C=CC1C[N+]2(Cc3cc4ccccc4c4ccccc34)CCC1CC2[C@H](OC)c1ccnc2ccccc12. The Labute approximate surface area is 225 Å². The fraction of sp³-hybridized carbons (Fsp3) is 0.286. The minimum atomic E-state index is 0.0168. The zero-order valence-electron chi connectivity index (χ0n) is 22.1. The number of benzene rings is 4. The zero-order valence-corrected chi connectivity index (χ0v) is 22.1. The smallest absolute Gasteiger partial charge is 0.135 e. The summed E-state index contributed by atoms with van der Waals surface area (Å²) in [5.41, 5.74) is 3.76. The number of pyridine rings is 1. The molecule has 8 rings (SSSR count). The molecule has 0 N–H and O–H groups in total. The van der Waals surface area contributed by atoms with Crippen LogP contribution in [0.3, 0.4) is 0 Å². The molecule has 0 aliphatic carbocycles. The van der Waals surface area contributed by atoms with Gasteiger partial charge >= 0.3 is 0 Å². The van der Waals surface area contributed by atoms with Crippen LogP contribution < -0.4 is 0 Å². The Morgan fingerprint density at radius 3 is 2.50 bits per heavy atom. The third-order valence-electron chi connectivity index (χ3n) is 9.61. The Morgan fingerprint density at radius 2 is 1.68 bits per heavy atom. The summed E-state index contributed by atoms with van der Waals surface area (Å²) < 4.78 is 7.50. The van der Waals surface area contributed by atoms with Gasteiger partial charge in [-0.2, -0.15) is 0 Å². The van der Waals surface area contributed by atoms with Gasteiger partial charge in [0.05, 0.1) is 18.6 Å². The number of rotatable bonds is 6. The van der Waals surface area contributed by atoms with Crippen LogP contribution in [0.25, 0.3) is 32.4 Å². The standard InChI is InChI=1S/C35H35N2O/c1-3-24-22-37(23-27-20-26-10-4-5-11-28(26)30-13-7-6-12-29(27)30)19-17-25(24)21-34(37)35(38-2)32-16-18-36-33-15-9-8-14-31(32)33/h3-16,18,20,24-25,34-35H,1,17,19,21-23H2,2H3/q+1/t24?,25?,34?,35-,37?/m1/s1. The number of ether oxygens (including phenoxy) is 1. The lowest BCUT2D eigenvalue weighted by Crippen LogP contribution is -2.67. The lowest BCUT2D eigenvalue weighted by Gasteiger charge is -2.58. The number of hydrogen-bond donors (Lipinski definition) is 0. The Balaban J connectivity index is 1.38. The second kappa shape index (κ2) is 9.34. The van der Waals surface area contributed by atoms with Crippen molar-refractivity contribution >= 4 is 32.4 Å². The summed E-state index contributed by atoms with van der Waals surface area (Å²) >= 11 is 0. The summed E-state index contributed by atoms with van der Waals surface area (Å²) in [6, 6.07) is 31.3. The third-order valence-corrected chi connectivity index (χ3v) is 9.61. The van der Waals surface area contributed by atoms with E-state index < -0.39 is 0 Å². The molecule has 5 atom stereocenters. The first-order chi connectivity index (χ1) is 18.7. The maximum Gasteiger partial charge on any atom is 0.135 e. The Kier molecular flexibility index (Phi) is 5.79. The minimum absolute atomic E-state index is 0.0168. The second-order valence-corrected chi connectivity index (χ2v) is 11.4. The van der Waals surface area contributed by atoms with Gasteiger partial charge in [0.2, 0.25) is 0 Å². The van der Waals surface area contributed by atoms with Crippen molar-refractivity contribution < 1.29 is 9.22 Å². The molecule has 4 heterocycles. The molecular weight excluding hydrogens is 464 g/mol. The molecule has 2 bridgehead atoms. The van der Waals surface area contributed by atoms with Crippen LogP contribution in [0.5, 0.6) is 0 Å². The summed E-state index contributed by atoms with van der Waals surface area (Å²) in [6.45, 7) is 7.59. The fourth-order valence-corrected chi connectivity index (χ4v) is 7.82. The van der Waals surface area contributed by atoms with Gasteiger partial charge < -0.3 is 9.22 Å². The van der Waals surface area contributed by atoms with Crippen molar-refractivity contribution in [2.75, 3.05) is 20.2 Å². The molecule has 0 radical (unpaired) electrons. The molecule has 0 saturated carbocycles. The molecule has 3 saturated heterocycles. The van der Waals surface area contributed by atoms with E-state index in [9.17, 15) is 0 Å². The summed E-state index contributed by atoms with van der Waals surface area (Å²) in [5, 5.41) is 6.60. The summed E-state index contributed by atoms with van der Waals surface area (Å²) in [5.74, 6) is 1.23. The average molecular weight is 500 g/mol. The van der Waals surface area contributed by atoms with Crippen LogP contribution in [0, 0.1) is 11.8 Å². The van der Waals surface area contributed by atoms with Gasteiger partial charge in [-0.25, -0.2) is 0 Å². The topological polar surface area (TPSA) is 22.1 Å². The zero-order chi connectivity index (χ0) is 25.7. The van der Waals surface area contributed by atoms with E-state index in [4.69, 9.17) is 4.74 Å². The molecule has 3 aliphatic heterocycles. The first-order valence-corrected chi connectivity index (χ1v) is 13.9. The first kappa shape index (κ1) is 23.6. The van der Waals surface area contributed by atoms with E-state index in [1.165, 1.54) is 51.0 Å². The van der Waals surface area contributed by atoms with Gasteiger partial charge in [-0.15, -0.1) is 6.58 Å². The predicted octanol–water partition coefficient (Wildman–Crippen LogP) is 7.84. The monoisotopic (exact) mass is 499 g/mol. The molecule has 3 heteroatoms. The summed E-state index contributed by atoms with van der Waals surface area (Å²) in [6.07, 6.45) is 6.62. The van der Waals surface area contributed by atoms with E-state index in [1.54, 1.807) is 0 Å². The van der Waals surface area contributed by atoms with Gasteiger partial charge in [-0.3, -0.25) is 4.98 Å². The minimum Gasteiger partial charge on any atom is -0.370 e. The summed E-state index contributed by atoms with van der Waals surface area (Å²) in [4.78, 5) is 4.65. The highest BCUT2D eigenvalue weighted by atomic mass is 16.5. The van der Waals surface area contributed by atoms with Crippen molar-refractivity contribution in [3.8, 4) is 0 Å². The molecule has 1 aromatic heterocycles. The molecule has 190 valence electrons. The molecule has 4 unspecified atom stereocenters. The number of nitrogens with zero attached hydrogens (tertiary/aromatic N) is 2. The van der Waals surface area contributed by atoms with Crippen LogP contribution in [0.4, 0.5) is 0 Å². The molecule has 4 aromatic carbocycles. The van der Waals surface area contributed by atoms with Gasteiger partial charge in [0.25, 0.3) is 0 Å². The maximum atomic E-state index is 6.46. The molecule has 3 nitrogen and oxygen atoms in total. The van der Waals surface area contributed by atoms with Crippen LogP contribution in [0.1, 0.15) is 30.1 Å². The highest BCUT2D eigenvalue weighted by Gasteiger charge is 2.54. The highest BCUT2D eigenvalue weighted by molar-refractivity contribution is 6.08. The number of piperidine rings is 3. The third kappa shape index (κ3) is 3.68. The van der Waals surface area contributed by atoms with Crippen molar-refractivity contribution in [3.05, 3.63) is 115 Å². The average Bonchev–Trinajstić information content (AvgIpc) is 2.98. The number of hydrogen-bond acceptors (Lipinski definition) is 2. The van der Waals surface area contributed by atoms with Crippen molar-refractivity contribution in [2.45, 2.75) is 31.5 Å². The highest BCUT2D eigenvalue weighted by Crippen LogP contribution is 2.49. The molecule has 0 amide bonds. The normalized spacial score (nSPS) is 25.7. The lowest BCUT2D eigenvalue weighted by atomic mass is 9.71. The Morgan fingerprint density at radius 1 is 0.947 bits per heavy atom. The van der Waals surface area contributed by atoms with Crippen LogP contribution in [-0.4, -0.2) is 35.7 Å². The number of para-hydroxylation sites is 1. The van der Waals surface area contributed by atoms with E-state index in [0.717, 1.165) is 29.5 Å². The van der Waals surface area contributed by atoms with E-state index in [1.807, 2.05) is 13.3 Å². The maximum absolute atomic E-state index is 6.46. The number of aromatic nitrogens is 1. The Bertz CT molecular complexity index is 1650. The summed E-state index contributed by atoms with van der Waals surface area (Å²) in [7, 11) is 1.90. The number of fused-ring (bicyclic) bond motifs is 7. The van der Waals surface area contributed by atoms with E-state index in [2.05, 4.69) is 103 Å².